The number of furan rings is 1. The number of nitrogens with zero attached hydrogens (tertiary/aromatic N) is 3. The molecule has 1 fully saturated rings. The van der Waals surface area contributed by atoms with E-state index in [0.717, 1.165) is 6.42 Å². The van der Waals surface area contributed by atoms with E-state index in [9.17, 15) is 9.59 Å². The van der Waals surface area contributed by atoms with Crippen molar-refractivity contribution in [3.05, 3.63) is 42.2 Å². The first-order chi connectivity index (χ1) is 18.1. The zero-order valence-corrected chi connectivity index (χ0v) is 23.5. The molecule has 0 bridgehead atoms. The lowest BCUT2D eigenvalue weighted by molar-refractivity contribution is -0.120. The minimum absolute atomic E-state index is 0.0128. The molecule has 12 heteroatoms. The van der Waals surface area contributed by atoms with Gasteiger partial charge in [-0.1, -0.05) is 37.0 Å². The fourth-order valence-corrected chi connectivity index (χ4v) is 5.21. The Morgan fingerprint density at radius 2 is 1.82 bits per heavy atom. The van der Waals surface area contributed by atoms with E-state index in [4.69, 9.17) is 18.6 Å². The topological polar surface area (TPSA) is 128 Å². The highest BCUT2D eigenvalue weighted by Gasteiger charge is 2.30. The first kappa shape index (κ1) is 27.1. The molecule has 1 aliphatic heterocycles. The maximum absolute atomic E-state index is 13.0. The van der Waals surface area contributed by atoms with Crippen molar-refractivity contribution in [3.63, 3.8) is 0 Å². The molecule has 3 heterocycles. The van der Waals surface area contributed by atoms with Crippen LogP contribution in [0.2, 0.25) is 19.6 Å². The summed E-state index contributed by atoms with van der Waals surface area (Å²) in [5, 5.41) is 7.06. The number of anilines is 2. The average molecular weight is 540 g/mol. The fraction of sp³-hybridized carbons (Fsp3) is 0.385. The van der Waals surface area contributed by atoms with Gasteiger partial charge in [-0.05, 0) is 31.7 Å². The molecule has 1 saturated heterocycles. The molecule has 0 spiro atoms. The number of rotatable bonds is 9. The third kappa shape index (κ3) is 5.97. The monoisotopic (exact) mass is 539 g/mol. The maximum atomic E-state index is 13.0. The van der Waals surface area contributed by atoms with Crippen LogP contribution >= 0.6 is 0 Å². The highest BCUT2D eigenvalue weighted by molar-refractivity contribution is 6.88. The van der Waals surface area contributed by atoms with E-state index in [-0.39, 0.29) is 47.1 Å². The molecular weight excluding hydrogens is 506 g/mol. The van der Waals surface area contributed by atoms with Crippen LogP contribution in [-0.2, 0) is 4.79 Å². The standard InChI is InChI=1S/C26H33N5O6Si/c1-27-16-12-13-31(20(32)14-16)26-29-24(34-2)22(25(30-26)35-3)28-23(33)19-10-11-21(37-19)36-17-8-7-9-18(15-17)38(4,5)6/h7-11,15-16,27H,12-14H2,1-6H3,(H,28,33). The second-order valence-corrected chi connectivity index (χ2v) is 15.0. The van der Waals surface area contributed by atoms with Crippen LogP contribution in [0, 0.1) is 0 Å². The Morgan fingerprint density at radius 1 is 1.11 bits per heavy atom. The van der Waals surface area contributed by atoms with Gasteiger partial charge in [-0.2, -0.15) is 9.97 Å². The second-order valence-electron chi connectivity index (χ2n) is 9.89. The van der Waals surface area contributed by atoms with Gasteiger partial charge in [0.05, 0.1) is 22.3 Å². The lowest BCUT2D eigenvalue weighted by atomic mass is 10.1. The summed E-state index contributed by atoms with van der Waals surface area (Å²) in [7, 11) is 3.12. The molecule has 202 valence electrons. The first-order valence-electron chi connectivity index (χ1n) is 12.3. The fourth-order valence-electron chi connectivity index (χ4n) is 4.04. The molecule has 0 aliphatic carbocycles. The lowest BCUT2D eigenvalue weighted by Crippen LogP contribution is -2.45. The van der Waals surface area contributed by atoms with Crippen LogP contribution in [-0.4, -0.2) is 63.7 Å². The molecule has 2 amide bonds. The molecule has 4 rings (SSSR count). The maximum Gasteiger partial charge on any atom is 0.291 e. The zero-order chi connectivity index (χ0) is 27.4. The normalized spacial score (nSPS) is 15.8. The summed E-state index contributed by atoms with van der Waals surface area (Å²) >= 11 is 0. The Labute approximate surface area is 222 Å². The van der Waals surface area contributed by atoms with Gasteiger partial charge in [0.25, 0.3) is 11.9 Å². The summed E-state index contributed by atoms with van der Waals surface area (Å²) in [6.45, 7) is 7.20. The van der Waals surface area contributed by atoms with E-state index in [1.54, 1.807) is 6.07 Å². The van der Waals surface area contributed by atoms with Crippen LogP contribution in [0.15, 0.2) is 40.8 Å². The van der Waals surface area contributed by atoms with Crippen LogP contribution in [0.1, 0.15) is 23.4 Å². The molecule has 0 saturated carbocycles. The van der Waals surface area contributed by atoms with E-state index in [2.05, 4.69) is 46.3 Å². The van der Waals surface area contributed by atoms with Gasteiger partial charge in [-0.15, -0.1) is 0 Å². The van der Waals surface area contributed by atoms with Crippen LogP contribution in [0.25, 0.3) is 0 Å². The number of carbonyl (C=O) groups excluding carboxylic acids is 2. The number of piperidine rings is 1. The molecule has 2 N–H and O–H groups in total. The number of ether oxygens (including phenoxy) is 3. The van der Waals surface area contributed by atoms with Gasteiger partial charge in [0.1, 0.15) is 5.75 Å². The van der Waals surface area contributed by atoms with Gasteiger partial charge in [0.15, 0.2) is 11.4 Å². The van der Waals surface area contributed by atoms with Gasteiger partial charge in [0.2, 0.25) is 23.6 Å². The molecule has 2 aromatic heterocycles. The minimum atomic E-state index is -1.52. The number of benzene rings is 1. The SMILES string of the molecule is CNC1CCN(c2nc(OC)c(NC(=O)c3ccc(Oc4cccc([Si](C)(C)C)c4)o3)c(OC)n2)C(=O)C1. The summed E-state index contributed by atoms with van der Waals surface area (Å²) in [5.74, 6) is 0.377. The quantitative estimate of drug-likeness (QED) is 0.393. The highest BCUT2D eigenvalue weighted by Crippen LogP contribution is 2.35. The van der Waals surface area contributed by atoms with Gasteiger partial charge >= 0.3 is 0 Å². The second kappa shape index (κ2) is 11.2. The molecule has 1 aromatic carbocycles. The molecule has 11 nitrogen and oxygen atoms in total. The first-order valence-corrected chi connectivity index (χ1v) is 15.8. The van der Waals surface area contributed by atoms with E-state index in [1.165, 1.54) is 30.4 Å². The van der Waals surface area contributed by atoms with Crippen LogP contribution in [0.3, 0.4) is 0 Å². The Bertz CT molecular complexity index is 1300. The molecule has 3 aromatic rings. The van der Waals surface area contributed by atoms with Crippen molar-refractivity contribution in [2.45, 2.75) is 38.5 Å². The van der Waals surface area contributed by atoms with E-state index >= 15 is 0 Å². The van der Waals surface area contributed by atoms with E-state index < -0.39 is 14.0 Å². The molecule has 1 atom stereocenters. The van der Waals surface area contributed by atoms with Crippen molar-refractivity contribution in [2.75, 3.05) is 38.0 Å². The highest BCUT2D eigenvalue weighted by atomic mass is 28.3. The Hall–Kier alpha value is -3.90. The number of hydrogen-bond donors (Lipinski definition) is 2. The summed E-state index contributed by atoms with van der Waals surface area (Å²) in [4.78, 5) is 35.9. The zero-order valence-electron chi connectivity index (χ0n) is 22.5. The number of methoxy groups -OCH3 is 2. The van der Waals surface area contributed by atoms with Crippen LogP contribution in [0.4, 0.5) is 11.6 Å². The largest absolute Gasteiger partial charge is 0.479 e. The van der Waals surface area contributed by atoms with E-state index in [0.29, 0.717) is 18.7 Å². The number of hydrogen-bond acceptors (Lipinski definition) is 9. The van der Waals surface area contributed by atoms with Crippen molar-refractivity contribution in [2.24, 2.45) is 0 Å². The van der Waals surface area contributed by atoms with Crippen molar-refractivity contribution < 1.29 is 28.2 Å². The van der Waals surface area contributed by atoms with Gasteiger partial charge in [-0.25, -0.2) is 0 Å². The van der Waals surface area contributed by atoms with Gasteiger partial charge in [-0.3, -0.25) is 14.5 Å². The lowest BCUT2D eigenvalue weighted by Gasteiger charge is -2.30. The van der Waals surface area contributed by atoms with Crippen LogP contribution in [0.5, 0.6) is 23.5 Å². The number of amides is 2. The smallest absolute Gasteiger partial charge is 0.291 e. The van der Waals surface area contributed by atoms with Crippen molar-refractivity contribution in [1.29, 1.82) is 0 Å². The van der Waals surface area contributed by atoms with Crippen molar-refractivity contribution in [3.8, 4) is 23.5 Å². The number of carbonyl (C=O) groups is 2. The van der Waals surface area contributed by atoms with Crippen LogP contribution < -0.4 is 34.9 Å². The third-order valence-corrected chi connectivity index (χ3v) is 8.30. The Kier molecular flexibility index (Phi) is 8.02. The van der Waals surface area contributed by atoms with E-state index in [1.807, 2.05) is 25.2 Å². The molecule has 1 unspecified atom stereocenters. The number of aromatic nitrogens is 2. The average Bonchev–Trinajstić information content (AvgIpc) is 3.37. The van der Waals surface area contributed by atoms with Crippen molar-refractivity contribution in [1.82, 2.24) is 15.3 Å². The summed E-state index contributed by atoms with van der Waals surface area (Å²) < 4.78 is 22.3. The predicted octanol–water partition coefficient (Wildman–Crippen LogP) is 3.39. The summed E-state index contributed by atoms with van der Waals surface area (Å²) in [5.41, 5.74) is 0.114. The number of nitrogens with one attached hydrogen (secondary N) is 2. The third-order valence-electron chi connectivity index (χ3n) is 6.25. The molecular formula is C26H33N5O6Si. The minimum Gasteiger partial charge on any atom is -0.479 e. The Morgan fingerprint density at radius 3 is 2.42 bits per heavy atom. The van der Waals surface area contributed by atoms with Gasteiger partial charge < -0.3 is 29.3 Å². The Balaban J connectivity index is 1.52. The predicted molar refractivity (Wildman–Crippen MR) is 146 cm³/mol. The van der Waals surface area contributed by atoms with Crippen molar-refractivity contribution >= 4 is 36.7 Å². The van der Waals surface area contributed by atoms with Gasteiger partial charge in [0, 0.05) is 25.1 Å². The molecule has 0 radical (unpaired) electrons. The summed E-state index contributed by atoms with van der Waals surface area (Å²) in [6.07, 6.45) is 1.08. The molecule has 1 aliphatic rings. The molecule has 38 heavy (non-hydrogen) atoms. The summed E-state index contributed by atoms with van der Waals surface area (Å²) in [6, 6.07) is 11.1.